The van der Waals surface area contributed by atoms with Crippen LogP contribution >= 0.6 is 20.2 Å². The van der Waals surface area contributed by atoms with Gasteiger partial charge in [-0.05, 0) is 80.8 Å². The van der Waals surface area contributed by atoms with Gasteiger partial charge >= 0.3 is 0 Å². The Balaban J connectivity index is 0.00000392. The van der Waals surface area contributed by atoms with E-state index in [1.807, 2.05) is 78.8 Å². The van der Waals surface area contributed by atoms with Crippen LogP contribution in [0.4, 0.5) is 0 Å². The Morgan fingerprint density at radius 1 is 0.964 bits per heavy atom. The quantitative estimate of drug-likeness (QED) is 0.461. The molecule has 0 aliphatic rings. The zero-order valence-corrected chi connectivity index (χ0v) is 19.8. The van der Waals surface area contributed by atoms with Crippen LogP contribution in [0, 0.1) is 6.92 Å². The summed E-state index contributed by atoms with van der Waals surface area (Å²) < 4.78 is 12.1. The molecule has 0 spiro atoms. The van der Waals surface area contributed by atoms with Gasteiger partial charge in [-0.3, -0.25) is 4.79 Å². The van der Waals surface area contributed by atoms with E-state index < -0.39 is 0 Å². The molecule has 0 amide bonds. The number of aryl methyl sites for hydroxylation is 1. The van der Waals surface area contributed by atoms with Crippen molar-refractivity contribution >= 4 is 49.9 Å². The second-order valence-electron chi connectivity index (χ2n) is 8.47. The molecule has 0 N–H and O–H groups in total. The summed E-state index contributed by atoms with van der Waals surface area (Å²) in [6.45, 7) is 13.8. The van der Waals surface area contributed by atoms with Gasteiger partial charge in [0.05, 0.1) is 5.02 Å². The Bertz CT molecular complexity index is 818. The molecule has 0 aliphatic carbocycles. The average molecular weight is 414 g/mol. The second kappa shape index (κ2) is 9.69. The predicted octanol–water partition coefficient (Wildman–Crippen LogP) is 5.77. The van der Waals surface area contributed by atoms with Crippen LogP contribution in [0.5, 0.6) is 11.5 Å². The van der Waals surface area contributed by atoms with E-state index in [-0.39, 0.29) is 44.2 Å². The molecule has 0 fully saturated rings. The molecule has 2 aromatic rings. The molecular weight excluding hydrogens is 386 g/mol. The average Bonchev–Trinajstić information content (AvgIpc) is 2.46. The third-order valence-corrected chi connectivity index (χ3v) is 4.96. The van der Waals surface area contributed by atoms with Crippen molar-refractivity contribution in [2.24, 2.45) is 0 Å². The third-order valence-electron chi connectivity index (χ3n) is 3.49. The van der Waals surface area contributed by atoms with Crippen LogP contribution < -0.4 is 14.8 Å². The minimum Gasteiger partial charge on any atom is -0.488 e. The summed E-state index contributed by atoms with van der Waals surface area (Å²) in [5, 5.41) is 1.33. The Morgan fingerprint density at radius 3 is 2.11 bits per heavy atom. The number of ether oxygens (including phenoxy) is 2. The fourth-order valence-electron chi connectivity index (χ4n) is 2.54. The first-order valence-electron chi connectivity index (χ1n) is 8.94. The van der Waals surface area contributed by atoms with Crippen molar-refractivity contribution in [2.75, 3.05) is 0 Å². The van der Waals surface area contributed by atoms with E-state index in [0.29, 0.717) is 16.3 Å². The summed E-state index contributed by atoms with van der Waals surface area (Å²) in [4.78, 5) is 12.9. The molecule has 6 heteroatoms. The minimum absolute atomic E-state index is 0. The van der Waals surface area contributed by atoms with Crippen LogP contribution in [-0.2, 0) is 0 Å². The monoisotopic (exact) mass is 413 g/mol. The number of benzene rings is 2. The molecule has 147 valence electrons. The molecule has 0 aromatic heterocycles. The van der Waals surface area contributed by atoms with Gasteiger partial charge in [-0.25, -0.2) is 0 Å². The molecule has 2 rings (SSSR count). The van der Waals surface area contributed by atoms with E-state index in [2.05, 4.69) is 0 Å². The van der Waals surface area contributed by atoms with Crippen molar-refractivity contribution in [2.45, 2.75) is 59.7 Å². The SMILES string of the molecule is Cc1cccc(Cl)c1C(=O)Pc1ccc(OC(C)(C)C)cc1OC(C)(C)C.[Li]. The first-order chi connectivity index (χ1) is 12.4. The number of hydrogen-bond acceptors (Lipinski definition) is 3. The van der Waals surface area contributed by atoms with Crippen molar-refractivity contribution in [3.8, 4) is 11.5 Å². The van der Waals surface area contributed by atoms with E-state index in [1.54, 1.807) is 6.07 Å². The first kappa shape index (κ1) is 25.1. The summed E-state index contributed by atoms with van der Waals surface area (Å²) in [5.41, 5.74) is 0.762. The van der Waals surface area contributed by atoms with Crippen molar-refractivity contribution in [1.29, 1.82) is 0 Å². The van der Waals surface area contributed by atoms with E-state index in [1.165, 1.54) is 0 Å². The summed E-state index contributed by atoms with van der Waals surface area (Å²) in [6, 6.07) is 11.2. The zero-order chi connectivity index (χ0) is 20.4. The van der Waals surface area contributed by atoms with Gasteiger partial charge in [-0.1, -0.05) is 23.7 Å². The van der Waals surface area contributed by atoms with Crippen LogP contribution in [0.25, 0.3) is 0 Å². The van der Waals surface area contributed by atoms with Crippen LogP contribution in [0.2, 0.25) is 5.02 Å². The van der Waals surface area contributed by atoms with Crippen LogP contribution in [-0.4, -0.2) is 35.6 Å². The Morgan fingerprint density at radius 2 is 1.57 bits per heavy atom. The van der Waals surface area contributed by atoms with Crippen LogP contribution in [0.3, 0.4) is 0 Å². The summed E-state index contributed by atoms with van der Waals surface area (Å²) in [7, 11) is -0.0863. The number of halogens is 1. The van der Waals surface area contributed by atoms with Crippen LogP contribution in [0.15, 0.2) is 36.4 Å². The smallest absolute Gasteiger partial charge is 0.187 e. The van der Waals surface area contributed by atoms with Gasteiger partial charge in [0.15, 0.2) is 5.52 Å². The molecule has 0 bridgehead atoms. The molecule has 1 unspecified atom stereocenters. The van der Waals surface area contributed by atoms with Crippen molar-refractivity contribution in [3.63, 3.8) is 0 Å². The molecule has 0 aliphatic heterocycles. The molecule has 2 aromatic carbocycles. The molecular formula is C22H28ClLiO3P. The van der Waals surface area contributed by atoms with Gasteiger partial charge in [0.1, 0.15) is 22.7 Å². The fraction of sp³-hybridized carbons (Fsp3) is 0.409. The van der Waals surface area contributed by atoms with Crippen molar-refractivity contribution in [3.05, 3.63) is 52.5 Å². The van der Waals surface area contributed by atoms with Gasteiger partial charge in [-0.2, -0.15) is 0 Å². The van der Waals surface area contributed by atoms with Gasteiger partial charge in [-0.15, -0.1) is 0 Å². The van der Waals surface area contributed by atoms with E-state index >= 15 is 0 Å². The molecule has 3 nitrogen and oxygen atoms in total. The Hall–Kier alpha value is -0.973. The zero-order valence-electron chi connectivity index (χ0n) is 18.1. The number of rotatable bonds is 5. The predicted molar refractivity (Wildman–Crippen MR) is 121 cm³/mol. The van der Waals surface area contributed by atoms with Crippen molar-refractivity contribution < 1.29 is 14.3 Å². The molecule has 1 radical (unpaired) electrons. The van der Waals surface area contributed by atoms with Gasteiger partial charge in [0, 0.05) is 35.8 Å². The fourth-order valence-corrected chi connectivity index (χ4v) is 4.04. The Kier molecular flexibility index (Phi) is 8.67. The third kappa shape index (κ3) is 7.45. The second-order valence-corrected chi connectivity index (χ2v) is 10.1. The normalized spacial score (nSPS) is 12.0. The topological polar surface area (TPSA) is 35.5 Å². The summed E-state index contributed by atoms with van der Waals surface area (Å²) in [5.74, 6) is 1.39. The first-order valence-corrected chi connectivity index (χ1v) is 10.3. The summed E-state index contributed by atoms with van der Waals surface area (Å²) in [6.07, 6.45) is 0. The van der Waals surface area contributed by atoms with Crippen LogP contribution in [0.1, 0.15) is 57.5 Å². The molecule has 28 heavy (non-hydrogen) atoms. The van der Waals surface area contributed by atoms with Gasteiger partial charge < -0.3 is 9.47 Å². The molecule has 1 atom stereocenters. The maximum Gasteiger partial charge on any atom is 0.187 e. The Labute approximate surface area is 187 Å². The molecule has 0 heterocycles. The molecule has 0 saturated heterocycles. The number of carbonyl (C=O) groups is 1. The van der Waals surface area contributed by atoms with Gasteiger partial charge in [0.2, 0.25) is 0 Å². The maximum absolute atomic E-state index is 12.9. The number of carbonyl (C=O) groups excluding carboxylic acids is 1. The minimum atomic E-state index is -0.386. The number of hydrogen-bond donors (Lipinski definition) is 0. The van der Waals surface area contributed by atoms with E-state index in [4.69, 9.17) is 21.1 Å². The maximum atomic E-state index is 12.9. The standard InChI is InChI=1S/C22H28ClO3P.Li/c1-14-9-8-10-16(23)19(14)20(24)27-18-12-11-15(25-21(2,3)4)13-17(18)26-22(5,6)7;/h8-13,27H,1-7H3;. The van der Waals surface area contributed by atoms with E-state index in [9.17, 15) is 4.79 Å². The van der Waals surface area contributed by atoms with E-state index in [0.717, 1.165) is 16.6 Å². The van der Waals surface area contributed by atoms with Crippen molar-refractivity contribution in [1.82, 2.24) is 0 Å². The van der Waals surface area contributed by atoms with Gasteiger partial charge in [0.25, 0.3) is 0 Å². The summed E-state index contributed by atoms with van der Waals surface area (Å²) >= 11 is 6.27. The molecule has 0 saturated carbocycles. The largest absolute Gasteiger partial charge is 0.488 e.